The first-order valence-corrected chi connectivity index (χ1v) is 5.02. The van der Waals surface area contributed by atoms with Crippen LogP contribution in [0.4, 0.5) is 5.69 Å². The summed E-state index contributed by atoms with van der Waals surface area (Å²) in [6.45, 7) is 1.13. The zero-order valence-corrected chi connectivity index (χ0v) is 8.74. The van der Waals surface area contributed by atoms with Crippen LogP contribution in [0.5, 0.6) is 0 Å². The van der Waals surface area contributed by atoms with E-state index in [0.29, 0.717) is 13.1 Å². The molecule has 6 heteroatoms. The smallest absolute Gasteiger partial charge is 0.102 e. The van der Waals surface area contributed by atoms with Gasteiger partial charge in [0, 0.05) is 12.4 Å². The Labute approximate surface area is 92.9 Å². The standard InChI is InChI=1S/C10H13N5O/c16-5-4-15-8-10(13-14-15)7-12-9-2-1-3-11-6-9/h1-3,6,8,12,16H,4-5,7H2. The highest BCUT2D eigenvalue weighted by atomic mass is 16.3. The molecule has 2 heterocycles. The molecule has 0 saturated carbocycles. The first kappa shape index (κ1) is 10.6. The second-order valence-corrected chi connectivity index (χ2v) is 3.29. The predicted octanol–water partition coefficient (Wildman–Crippen LogP) is 0.277. The third-order valence-electron chi connectivity index (χ3n) is 2.05. The Balaban J connectivity index is 1.89. The molecule has 0 radical (unpaired) electrons. The van der Waals surface area contributed by atoms with Crippen LogP contribution in [-0.2, 0) is 13.1 Å². The molecule has 0 atom stereocenters. The lowest BCUT2D eigenvalue weighted by atomic mass is 10.4. The van der Waals surface area contributed by atoms with Crippen molar-refractivity contribution in [2.75, 3.05) is 11.9 Å². The molecule has 2 rings (SSSR count). The summed E-state index contributed by atoms with van der Waals surface area (Å²) in [4.78, 5) is 3.99. The third kappa shape index (κ3) is 2.77. The van der Waals surface area contributed by atoms with Crippen molar-refractivity contribution in [3.63, 3.8) is 0 Å². The van der Waals surface area contributed by atoms with Crippen molar-refractivity contribution in [1.82, 2.24) is 20.0 Å². The Kier molecular flexibility index (Phi) is 3.45. The Hall–Kier alpha value is -1.95. The highest BCUT2D eigenvalue weighted by Gasteiger charge is 1.99. The first-order valence-electron chi connectivity index (χ1n) is 5.02. The van der Waals surface area contributed by atoms with E-state index < -0.39 is 0 Å². The van der Waals surface area contributed by atoms with Crippen LogP contribution in [0.25, 0.3) is 0 Å². The van der Waals surface area contributed by atoms with Crippen LogP contribution in [0.3, 0.4) is 0 Å². The molecule has 0 aliphatic rings. The molecule has 0 saturated heterocycles. The maximum atomic E-state index is 8.72. The summed E-state index contributed by atoms with van der Waals surface area (Å²) >= 11 is 0. The molecule has 0 bridgehead atoms. The lowest BCUT2D eigenvalue weighted by Crippen LogP contribution is -2.02. The van der Waals surface area contributed by atoms with Crippen molar-refractivity contribution in [2.45, 2.75) is 13.1 Å². The highest BCUT2D eigenvalue weighted by molar-refractivity contribution is 5.39. The minimum absolute atomic E-state index is 0.0683. The van der Waals surface area contributed by atoms with Gasteiger partial charge in [-0.05, 0) is 12.1 Å². The number of anilines is 1. The number of pyridine rings is 1. The van der Waals surface area contributed by atoms with Crippen LogP contribution in [0.2, 0.25) is 0 Å². The zero-order chi connectivity index (χ0) is 11.2. The van der Waals surface area contributed by atoms with Crippen LogP contribution in [0.15, 0.2) is 30.7 Å². The molecule has 16 heavy (non-hydrogen) atoms. The van der Waals surface area contributed by atoms with E-state index in [1.54, 1.807) is 23.3 Å². The van der Waals surface area contributed by atoms with E-state index >= 15 is 0 Å². The van der Waals surface area contributed by atoms with Gasteiger partial charge < -0.3 is 10.4 Å². The van der Waals surface area contributed by atoms with Crippen LogP contribution in [-0.4, -0.2) is 31.7 Å². The topological polar surface area (TPSA) is 75.9 Å². The Morgan fingerprint density at radius 1 is 1.44 bits per heavy atom. The average Bonchev–Trinajstić information content (AvgIpc) is 2.76. The third-order valence-corrected chi connectivity index (χ3v) is 2.05. The molecular formula is C10H13N5O. The van der Waals surface area contributed by atoms with E-state index in [9.17, 15) is 0 Å². The van der Waals surface area contributed by atoms with Crippen molar-refractivity contribution in [2.24, 2.45) is 0 Å². The van der Waals surface area contributed by atoms with Crippen LogP contribution in [0.1, 0.15) is 5.69 Å². The van der Waals surface area contributed by atoms with Gasteiger partial charge in [0.15, 0.2) is 0 Å². The van der Waals surface area contributed by atoms with Gasteiger partial charge in [0.2, 0.25) is 0 Å². The molecule has 6 nitrogen and oxygen atoms in total. The van der Waals surface area contributed by atoms with E-state index in [0.717, 1.165) is 11.4 Å². The van der Waals surface area contributed by atoms with Gasteiger partial charge in [-0.3, -0.25) is 4.98 Å². The lowest BCUT2D eigenvalue weighted by molar-refractivity contribution is 0.268. The van der Waals surface area contributed by atoms with Gasteiger partial charge in [0.25, 0.3) is 0 Å². The molecule has 0 aromatic carbocycles. The van der Waals surface area contributed by atoms with Crippen molar-refractivity contribution < 1.29 is 5.11 Å². The van der Waals surface area contributed by atoms with Crippen molar-refractivity contribution in [3.05, 3.63) is 36.4 Å². The lowest BCUT2D eigenvalue weighted by Gasteiger charge is -2.01. The molecule has 0 amide bonds. The SMILES string of the molecule is OCCn1cc(CNc2cccnc2)nn1. The molecule has 2 N–H and O–H groups in total. The summed E-state index contributed by atoms with van der Waals surface area (Å²) in [6, 6.07) is 3.80. The molecule has 2 aromatic heterocycles. The number of aliphatic hydroxyl groups excluding tert-OH is 1. The van der Waals surface area contributed by atoms with Crippen molar-refractivity contribution in [1.29, 1.82) is 0 Å². The molecule has 0 aliphatic heterocycles. The summed E-state index contributed by atoms with van der Waals surface area (Å²) in [7, 11) is 0. The summed E-state index contributed by atoms with van der Waals surface area (Å²) in [6.07, 6.45) is 5.28. The maximum absolute atomic E-state index is 8.72. The van der Waals surface area contributed by atoms with E-state index in [1.165, 1.54) is 0 Å². The number of hydrogen-bond acceptors (Lipinski definition) is 5. The molecule has 0 unspecified atom stereocenters. The number of nitrogens with zero attached hydrogens (tertiary/aromatic N) is 4. The normalized spacial score (nSPS) is 10.3. The number of nitrogens with one attached hydrogen (secondary N) is 1. The molecule has 0 aliphatic carbocycles. The van der Waals surface area contributed by atoms with E-state index in [1.807, 2.05) is 12.1 Å². The molecule has 0 spiro atoms. The van der Waals surface area contributed by atoms with Gasteiger partial charge in [-0.25, -0.2) is 4.68 Å². The highest BCUT2D eigenvalue weighted by Crippen LogP contribution is 2.04. The molecule has 2 aromatic rings. The van der Waals surface area contributed by atoms with Gasteiger partial charge in [-0.2, -0.15) is 0 Å². The Morgan fingerprint density at radius 2 is 2.38 bits per heavy atom. The van der Waals surface area contributed by atoms with Gasteiger partial charge in [0.05, 0.1) is 31.6 Å². The van der Waals surface area contributed by atoms with Gasteiger partial charge in [0.1, 0.15) is 5.69 Å². The quantitative estimate of drug-likeness (QED) is 0.755. The fourth-order valence-electron chi connectivity index (χ4n) is 1.29. The van der Waals surface area contributed by atoms with Gasteiger partial charge >= 0.3 is 0 Å². The number of rotatable bonds is 5. The summed E-state index contributed by atoms with van der Waals surface area (Å²) in [5, 5.41) is 19.7. The minimum Gasteiger partial charge on any atom is -0.394 e. The minimum atomic E-state index is 0.0683. The van der Waals surface area contributed by atoms with E-state index in [4.69, 9.17) is 5.11 Å². The largest absolute Gasteiger partial charge is 0.394 e. The van der Waals surface area contributed by atoms with Crippen molar-refractivity contribution in [3.8, 4) is 0 Å². The van der Waals surface area contributed by atoms with Gasteiger partial charge in [-0.1, -0.05) is 5.21 Å². The molecular weight excluding hydrogens is 206 g/mol. The van der Waals surface area contributed by atoms with Crippen LogP contribution >= 0.6 is 0 Å². The summed E-state index contributed by atoms with van der Waals surface area (Å²) in [5.74, 6) is 0. The fraction of sp³-hybridized carbons (Fsp3) is 0.300. The summed E-state index contributed by atoms with van der Waals surface area (Å²) < 4.78 is 1.61. The van der Waals surface area contributed by atoms with Gasteiger partial charge in [-0.15, -0.1) is 5.10 Å². The second kappa shape index (κ2) is 5.22. The number of aliphatic hydroxyl groups is 1. The number of hydrogen-bond donors (Lipinski definition) is 2. The second-order valence-electron chi connectivity index (χ2n) is 3.29. The maximum Gasteiger partial charge on any atom is 0.102 e. The van der Waals surface area contributed by atoms with Crippen molar-refractivity contribution >= 4 is 5.69 Å². The van der Waals surface area contributed by atoms with E-state index in [-0.39, 0.29) is 6.61 Å². The monoisotopic (exact) mass is 219 g/mol. The molecule has 84 valence electrons. The Bertz CT molecular complexity index is 428. The number of aromatic nitrogens is 4. The average molecular weight is 219 g/mol. The van der Waals surface area contributed by atoms with E-state index in [2.05, 4.69) is 20.6 Å². The fourth-order valence-corrected chi connectivity index (χ4v) is 1.29. The first-order chi connectivity index (χ1) is 7.88. The Morgan fingerprint density at radius 3 is 3.12 bits per heavy atom. The summed E-state index contributed by atoms with van der Waals surface area (Å²) in [5.41, 5.74) is 1.77. The van der Waals surface area contributed by atoms with Crippen LogP contribution in [0, 0.1) is 0 Å². The molecule has 0 fully saturated rings. The zero-order valence-electron chi connectivity index (χ0n) is 8.74. The predicted molar refractivity (Wildman–Crippen MR) is 58.7 cm³/mol. The van der Waals surface area contributed by atoms with Crippen LogP contribution < -0.4 is 5.32 Å².